The van der Waals surface area contributed by atoms with E-state index < -0.39 is 17.1 Å². The van der Waals surface area contributed by atoms with E-state index in [0.29, 0.717) is 29.2 Å². The molecule has 27 heavy (non-hydrogen) atoms. The predicted octanol–water partition coefficient (Wildman–Crippen LogP) is 0.642. The zero-order valence-electron chi connectivity index (χ0n) is 15.6. The van der Waals surface area contributed by atoms with Crippen LogP contribution >= 0.6 is 0 Å². The Balaban J connectivity index is 2.05. The molecular formula is C18H23FN6O2. The van der Waals surface area contributed by atoms with Crippen LogP contribution in [-0.2, 0) is 20.6 Å². The highest BCUT2D eigenvalue weighted by molar-refractivity contribution is 5.74. The van der Waals surface area contributed by atoms with Crippen LogP contribution in [0.25, 0.3) is 11.2 Å². The van der Waals surface area contributed by atoms with E-state index in [1.807, 2.05) is 6.92 Å². The molecule has 0 atom stereocenters. The molecular weight excluding hydrogens is 351 g/mol. The number of nitrogens with zero attached hydrogens (tertiary/aromatic N) is 4. The highest BCUT2D eigenvalue weighted by Gasteiger charge is 2.18. The van der Waals surface area contributed by atoms with E-state index in [9.17, 15) is 14.0 Å². The van der Waals surface area contributed by atoms with Gasteiger partial charge in [-0.25, -0.2) is 9.18 Å². The number of anilines is 1. The van der Waals surface area contributed by atoms with Crippen molar-refractivity contribution >= 4 is 17.1 Å². The summed E-state index contributed by atoms with van der Waals surface area (Å²) < 4.78 is 17.5. The second-order valence-corrected chi connectivity index (χ2v) is 6.31. The Kier molecular flexibility index (Phi) is 5.41. The van der Waals surface area contributed by atoms with Gasteiger partial charge in [-0.2, -0.15) is 4.98 Å². The molecule has 3 rings (SSSR count). The summed E-state index contributed by atoms with van der Waals surface area (Å²) in [5.74, 6) is 0.102. The molecule has 2 N–H and O–H groups in total. The lowest BCUT2D eigenvalue weighted by Gasteiger charge is -2.09. The van der Waals surface area contributed by atoms with Gasteiger partial charge in [0.05, 0.1) is 6.54 Å². The largest absolute Gasteiger partial charge is 0.354 e. The summed E-state index contributed by atoms with van der Waals surface area (Å²) in [5, 5.41) is 6.36. The summed E-state index contributed by atoms with van der Waals surface area (Å²) in [7, 11) is 3.30. The van der Waals surface area contributed by atoms with Gasteiger partial charge in [0.2, 0.25) is 5.95 Å². The molecule has 0 saturated heterocycles. The molecule has 0 fully saturated rings. The molecule has 2 aromatic heterocycles. The zero-order valence-corrected chi connectivity index (χ0v) is 15.6. The summed E-state index contributed by atoms with van der Waals surface area (Å²) >= 11 is 0. The monoisotopic (exact) mass is 374 g/mol. The molecule has 0 aliphatic heterocycles. The Hall–Kier alpha value is -2.94. The fourth-order valence-corrected chi connectivity index (χ4v) is 3.00. The number of nitrogens with one attached hydrogen (secondary N) is 2. The van der Waals surface area contributed by atoms with Gasteiger partial charge in [0, 0.05) is 27.2 Å². The van der Waals surface area contributed by atoms with Crippen molar-refractivity contribution in [3.8, 4) is 0 Å². The number of likely N-dealkylation sites (N-methyl/N-ethyl adjacent to an activating group) is 1. The number of hydrogen-bond donors (Lipinski definition) is 2. The van der Waals surface area contributed by atoms with E-state index in [0.717, 1.165) is 17.7 Å². The summed E-state index contributed by atoms with van der Waals surface area (Å²) in [6.45, 7) is 4.27. The molecule has 0 saturated carbocycles. The van der Waals surface area contributed by atoms with Gasteiger partial charge in [0.1, 0.15) is 5.82 Å². The highest BCUT2D eigenvalue weighted by Crippen LogP contribution is 2.13. The highest BCUT2D eigenvalue weighted by atomic mass is 19.1. The molecule has 2 heterocycles. The SMILES string of the molecule is CCNCCNc1nc2c(c(=O)n(Cc3cccc(F)c3)c(=O)n2C)n1C. The molecule has 0 unspecified atom stereocenters. The molecule has 9 heteroatoms. The van der Waals surface area contributed by atoms with Crippen molar-refractivity contribution in [1.29, 1.82) is 0 Å². The first-order chi connectivity index (χ1) is 12.9. The smallest absolute Gasteiger partial charge is 0.332 e. The number of aryl methyl sites for hydroxylation is 2. The van der Waals surface area contributed by atoms with Crippen LogP contribution in [0.3, 0.4) is 0 Å². The van der Waals surface area contributed by atoms with Crippen LogP contribution < -0.4 is 21.9 Å². The summed E-state index contributed by atoms with van der Waals surface area (Å²) in [6, 6.07) is 5.86. The van der Waals surface area contributed by atoms with Crippen molar-refractivity contribution in [1.82, 2.24) is 24.0 Å². The minimum atomic E-state index is -0.492. The fraction of sp³-hybridized carbons (Fsp3) is 0.389. The lowest BCUT2D eigenvalue weighted by atomic mass is 10.2. The van der Waals surface area contributed by atoms with Gasteiger partial charge in [0.15, 0.2) is 11.2 Å². The molecule has 144 valence electrons. The normalized spacial score (nSPS) is 11.3. The number of imidazole rings is 1. The van der Waals surface area contributed by atoms with E-state index in [2.05, 4.69) is 15.6 Å². The van der Waals surface area contributed by atoms with E-state index in [1.54, 1.807) is 30.8 Å². The molecule has 0 bridgehead atoms. The standard InChI is InChI=1S/C18H23FN6O2/c1-4-20-8-9-21-17-22-15-14(23(17)2)16(26)25(18(27)24(15)3)11-12-6-5-7-13(19)10-12/h5-7,10,20H,4,8-9,11H2,1-3H3,(H,21,22). The maximum atomic E-state index is 13.4. The van der Waals surface area contributed by atoms with Gasteiger partial charge in [0.25, 0.3) is 5.56 Å². The van der Waals surface area contributed by atoms with Crippen LogP contribution in [0.2, 0.25) is 0 Å². The minimum absolute atomic E-state index is 0.00638. The number of aromatic nitrogens is 4. The molecule has 0 amide bonds. The summed E-state index contributed by atoms with van der Waals surface area (Å²) in [4.78, 5) is 30.0. The Morgan fingerprint density at radius 2 is 1.93 bits per heavy atom. The van der Waals surface area contributed by atoms with E-state index >= 15 is 0 Å². The maximum absolute atomic E-state index is 13.4. The lowest BCUT2D eigenvalue weighted by molar-refractivity contribution is 0.616. The predicted molar refractivity (Wildman–Crippen MR) is 103 cm³/mol. The van der Waals surface area contributed by atoms with Crippen molar-refractivity contribution in [2.24, 2.45) is 14.1 Å². The second-order valence-electron chi connectivity index (χ2n) is 6.31. The first-order valence-electron chi connectivity index (χ1n) is 8.79. The van der Waals surface area contributed by atoms with Crippen LogP contribution in [0.1, 0.15) is 12.5 Å². The number of benzene rings is 1. The van der Waals surface area contributed by atoms with Gasteiger partial charge in [-0.1, -0.05) is 19.1 Å². The minimum Gasteiger partial charge on any atom is -0.354 e. The van der Waals surface area contributed by atoms with Gasteiger partial charge in [-0.05, 0) is 24.2 Å². The first-order valence-corrected chi connectivity index (χ1v) is 8.79. The number of fused-ring (bicyclic) bond motifs is 1. The Labute approximate surface area is 155 Å². The van der Waals surface area contributed by atoms with E-state index in [-0.39, 0.29) is 6.54 Å². The van der Waals surface area contributed by atoms with Crippen molar-refractivity contribution in [2.45, 2.75) is 13.5 Å². The Bertz CT molecular complexity index is 1080. The molecule has 3 aromatic rings. The van der Waals surface area contributed by atoms with Crippen LogP contribution in [0.4, 0.5) is 10.3 Å². The summed E-state index contributed by atoms with van der Waals surface area (Å²) in [6.07, 6.45) is 0. The van der Waals surface area contributed by atoms with Crippen LogP contribution in [0.5, 0.6) is 0 Å². The van der Waals surface area contributed by atoms with Crippen molar-refractivity contribution in [3.63, 3.8) is 0 Å². The maximum Gasteiger partial charge on any atom is 0.332 e. The fourth-order valence-electron chi connectivity index (χ4n) is 3.00. The van der Waals surface area contributed by atoms with Gasteiger partial charge in [-0.15, -0.1) is 0 Å². The third-order valence-corrected chi connectivity index (χ3v) is 4.42. The van der Waals surface area contributed by atoms with E-state index in [1.165, 1.54) is 16.7 Å². The van der Waals surface area contributed by atoms with E-state index in [4.69, 9.17) is 0 Å². The topological polar surface area (TPSA) is 85.9 Å². The van der Waals surface area contributed by atoms with Crippen LogP contribution in [-0.4, -0.2) is 38.3 Å². The molecule has 0 aliphatic carbocycles. The average Bonchev–Trinajstić information content (AvgIpc) is 2.97. The number of halogens is 1. The number of rotatable bonds is 7. The third kappa shape index (κ3) is 3.63. The summed E-state index contributed by atoms with van der Waals surface area (Å²) in [5.41, 5.74) is 0.231. The van der Waals surface area contributed by atoms with Gasteiger partial charge < -0.3 is 15.2 Å². The molecule has 8 nitrogen and oxygen atoms in total. The van der Waals surface area contributed by atoms with Crippen LogP contribution in [0, 0.1) is 5.82 Å². The zero-order chi connectivity index (χ0) is 19.6. The average molecular weight is 374 g/mol. The second kappa shape index (κ2) is 7.75. The Morgan fingerprint density at radius 3 is 2.63 bits per heavy atom. The van der Waals surface area contributed by atoms with Crippen LogP contribution in [0.15, 0.2) is 33.9 Å². The number of hydrogen-bond acceptors (Lipinski definition) is 5. The molecule has 0 spiro atoms. The van der Waals surface area contributed by atoms with Crippen molar-refractivity contribution < 1.29 is 4.39 Å². The van der Waals surface area contributed by atoms with Crippen molar-refractivity contribution in [3.05, 3.63) is 56.5 Å². The van der Waals surface area contributed by atoms with Gasteiger partial charge in [-0.3, -0.25) is 13.9 Å². The first kappa shape index (κ1) is 18.8. The molecule has 1 aromatic carbocycles. The van der Waals surface area contributed by atoms with Crippen molar-refractivity contribution in [2.75, 3.05) is 25.0 Å². The molecule has 0 aliphatic rings. The third-order valence-electron chi connectivity index (χ3n) is 4.42. The molecule has 0 radical (unpaired) electrons. The quantitative estimate of drug-likeness (QED) is 0.593. The lowest BCUT2D eigenvalue weighted by Crippen LogP contribution is -2.39. The Morgan fingerprint density at radius 1 is 1.15 bits per heavy atom. The van der Waals surface area contributed by atoms with Gasteiger partial charge >= 0.3 is 5.69 Å².